The van der Waals surface area contributed by atoms with Gasteiger partial charge in [-0.3, -0.25) is 4.79 Å². The van der Waals surface area contributed by atoms with E-state index in [4.69, 9.17) is 26.5 Å². The van der Waals surface area contributed by atoms with Crippen LogP contribution in [0.1, 0.15) is 26.3 Å². The van der Waals surface area contributed by atoms with Gasteiger partial charge in [-0.1, -0.05) is 22.6 Å². The molecule has 1 amide bonds. The minimum atomic E-state index is -1.29. The summed E-state index contributed by atoms with van der Waals surface area (Å²) < 4.78 is 0. The summed E-state index contributed by atoms with van der Waals surface area (Å²) in [5.41, 5.74) is 5.26. The van der Waals surface area contributed by atoms with Gasteiger partial charge in [0.2, 0.25) is 5.91 Å². The lowest BCUT2D eigenvalue weighted by molar-refractivity contribution is 0.0692. The monoisotopic (exact) mass is 199 g/mol. The number of carboxylic acids is 1. The minimum Gasteiger partial charge on any atom is -0.478 e. The first-order valence-electron chi connectivity index (χ1n) is 4.08. The second-order valence-electron chi connectivity index (χ2n) is 3.10. The van der Waals surface area contributed by atoms with E-state index in [1.165, 1.54) is 6.07 Å². The minimum absolute atomic E-state index is 0.0138. The van der Waals surface area contributed by atoms with E-state index in [1.54, 1.807) is 6.92 Å². The van der Waals surface area contributed by atoms with Crippen LogP contribution in [0.3, 0.4) is 0 Å². The van der Waals surface area contributed by atoms with Crippen molar-refractivity contribution in [2.24, 2.45) is 5.73 Å². The molecule has 0 saturated carbocycles. The molecule has 1 aromatic rings. The van der Waals surface area contributed by atoms with Crippen LogP contribution in [0, 0.1) is 6.92 Å². The Morgan fingerprint density at radius 2 is 1.93 bits per heavy atom. The first kappa shape index (κ1) is 11.4. The summed E-state index contributed by atoms with van der Waals surface area (Å²) in [6.07, 6.45) is 0. The molecule has 6 heteroatoms. The number of hydrogen-bond acceptors (Lipinski definition) is 2. The lowest BCUT2D eigenvalue weighted by atomic mass is 9.76. The maximum absolute atomic E-state index is 11.0. The number of nitrogens with two attached hydrogens (primary N) is 1. The Morgan fingerprint density at radius 3 is 2.33 bits per heavy atom. The molecule has 4 radical (unpaired) electrons. The smallest absolute Gasteiger partial charge is 0.336 e. The zero-order valence-electron chi connectivity index (χ0n) is 8.07. The average molecular weight is 199 g/mol. The van der Waals surface area contributed by atoms with Crippen LogP contribution >= 0.6 is 0 Å². The fourth-order valence-corrected chi connectivity index (χ4v) is 1.26. The van der Waals surface area contributed by atoms with Gasteiger partial charge >= 0.3 is 5.97 Å². The predicted molar refractivity (Wildman–Crippen MR) is 57.4 cm³/mol. The first-order chi connectivity index (χ1) is 6.86. The Balaban J connectivity index is 3.65. The highest BCUT2D eigenvalue weighted by Crippen LogP contribution is 2.06. The van der Waals surface area contributed by atoms with Gasteiger partial charge in [-0.2, -0.15) is 0 Å². The highest BCUT2D eigenvalue weighted by Gasteiger charge is 2.18. The molecule has 15 heavy (non-hydrogen) atoms. The number of amides is 1. The molecule has 0 atom stereocenters. The third-order valence-electron chi connectivity index (χ3n) is 2.15. The molecule has 0 aliphatic rings. The Hall–Kier alpha value is -1.71. The number of carboxylic acid groups (broad SMARTS) is 1. The van der Waals surface area contributed by atoms with Crippen LogP contribution in [0.5, 0.6) is 0 Å². The molecule has 0 heterocycles. The van der Waals surface area contributed by atoms with Crippen LogP contribution in [-0.4, -0.2) is 32.7 Å². The standard InChI is InChI=1S/C9H7B2NO3/c1-3-5(10)2-4(9(14)15)6(7(3)11)8(12)13/h2H,1H3,(H2,12,13)(H,14,15). The van der Waals surface area contributed by atoms with Gasteiger partial charge in [0.25, 0.3) is 0 Å². The van der Waals surface area contributed by atoms with Crippen LogP contribution in [-0.2, 0) is 0 Å². The molecule has 0 bridgehead atoms. The fraction of sp³-hybridized carbons (Fsp3) is 0.111. The van der Waals surface area contributed by atoms with E-state index in [0.29, 0.717) is 5.56 Å². The Morgan fingerprint density at radius 1 is 1.40 bits per heavy atom. The van der Waals surface area contributed by atoms with Gasteiger partial charge in [-0.05, 0) is 6.92 Å². The van der Waals surface area contributed by atoms with Crippen LogP contribution in [0.2, 0.25) is 0 Å². The third kappa shape index (κ3) is 1.88. The van der Waals surface area contributed by atoms with Crippen molar-refractivity contribution in [1.29, 1.82) is 0 Å². The fourth-order valence-electron chi connectivity index (χ4n) is 1.26. The second kappa shape index (κ2) is 3.81. The predicted octanol–water partition coefficient (Wildman–Crippen LogP) is -1.62. The van der Waals surface area contributed by atoms with Crippen molar-refractivity contribution in [3.8, 4) is 0 Å². The number of benzene rings is 1. The Bertz CT molecular complexity index is 457. The van der Waals surface area contributed by atoms with Crippen molar-refractivity contribution in [2.75, 3.05) is 0 Å². The molecule has 0 spiro atoms. The van der Waals surface area contributed by atoms with Gasteiger partial charge in [0, 0.05) is 5.56 Å². The summed E-state index contributed by atoms with van der Waals surface area (Å²) in [7, 11) is 11.1. The van der Waals surface area contributed by atoms with Crippen molar-refractivity contribution in [3.05, 3.63) is 22.8 Å². The molecule has 0 fully saturated rings. The molecule has 4 nitrogen and oxygen atoms in total. The Kier molecular flexibility index (Phi) is 2.88. The molecule has 1 rings (SSSR count). The van der Waals surface area contributed by atoms with E-state index >= 15 is 0 Å². The molecule has 72 valence electrons. The Labute approximate surface area is 89.3 Å². The van der Waals surface area contributed by atoms with E-state index in [1.807, 2.05) is 0 Å². The molecule has 1 aromatic carbocycles. The molecule has 0 saturated heterocycles. The summed E-state index contributed by atoms with van der Waals surface area (Å²) in [6.45, 7) is 1.59. The summed E-state index contributed by atoms with van der Waals surface area (Å²) in [5, 5.41) is 8.84. The van der Waals surface area contributed by atoms with Gasteiger partial charge in [0.15, 0.2) is 0 Å². The van der Waals surface area contributed by atoms with E-state index in [2.05, 4.69) is 0 Å². The number of carbonyl (C=O) groups is 2. The highest BCUT2D eigenvalue weighted by atomic mass is 16.4. The summed E-state index contributed by atoms with van der Waals surface area (Å²) in [6, 6.07) is 1.17. The van der Waals surface area contributed by atoms with Gasteiger partial charge < -0.3 is 10.8 Å². The average Bonchev–Trinajstić information content (AvgIpc) is 2.12. The van der Waals surface area contributed by atoms with Gasteiger partial charge in [0.05, 0.1) is 5.56 Å². The normalized spacial score (nSPS) is 9.93. The zero-order chi connectivity index (χ0) is 11.7. The number of rotatable bonds is 2. The summed E-state index contributed by atoms with van der Waals surface area (Å²) >= 11 is 0. The highest BCUT2D eigenvalue weighted by molar-refractivity contribution is 6.43. The third-order valence-corrected chi connectivity index (χ3v) is 2.15. The van der Waals surface area contributed by atoms with Crippen LogP contribution in [0.15, 0.2) is 6.07 Å². The van der Waals surface area contributed by atoms with Crippen LogP contribution in [0.4, 0.5) is 0 Å². The molecular weight excluding hydrogens is 192 g/mol. The zero-order valence-corrected chi connectivity index (χ0v) is 8.07. The van der Waals surface area contributed by atoms with Gasteiger partial charge in [-0.15, -0.1) is 0 Å². The van der Waals surface area contributed by atoms with Crippen molar-refractivity contribution < 1.29 is 14.7 Å². The lowest BCUT2D eigenvalue weighted by Crippen LogP contribution is -2.32. The van der Waals surface area contributed by atoms with E-state index in [0.717, 1.165) is 0 Å². The molecule has 3 N–H and O–H groups in total. The topological polar surface area (TPSA) is 80.4 Å². The number of carbonyl (C=O) groups excluding carboxylic acids is 1. The van der Waals surface area contributed by atoms with E-state index < -0.39 is 11.9 Å². The molecule has 0 aliphatic heterocycles. The maximum atomic E-state index is 11.0. The largest absolute Gasteiger partial charge is 0.478 e. The van der Waals surface area contributed by atoms with Gasteiger partial charge in [0.1, 0.15) is 15.7 Å². The molecular formula is C9H7B2NO3. The van der Waals surface area contributed by atoms with Crippen molar-refractivity contribution >= 4 is 38.5 Å². The SMILES string of the molecule is [B]c1cc(C(=O)O)c(C(N)=O)c([B])c1C. The maximum Gasteiger partial charge on any atom is 0.336 e. The lowest BCUT2D eigenvalue weighted by Gasteiger charge is -2.12. The number of aromatic carboxylic acids is 1. The summed E-state index contributed by atoms with van der Waals surface area (Å²) in [4.78, 5) is 21.9. The van der Waals surface area contributed by atoms with Gasteiger partial charge in [-0.25, -0.2) is 4.79 Å². The first-order valence-corrected chi connectivity index (χ1v) is 4.08. The number of primary amides is 1. The van der Waals surface area contributed by atoms with Crippen molar-refractivity contribution in [1.82, 2.24) is 0 Å². The van der Waals surface area contributed by atoms with E-state index in [-0.39, 0.29) is 22.1 Å². The van der Waals surface area contributed by atoms with E-state index in [9.17, 15) is 9.59 Å². The number of hydrogen-bond donors (Lipinski definition) is 2. The van der Waals surface area contributed by atoms with Crippen LogP contribution < -0.4 is 16.7 Å². The second-order valence-corrected chi connectivity index (χ2v) is 3.10. The molecule has 0 aliphatic carbocycles. The van der Waals surface area contributed by atoms with Crippen molar-refractivity contribution in [2.45, 2.75) is 6.92 Å². The quantitative estimate of drug-likeness (QED) is 0.561. The molecule has 0 aromatic heterocycles. The van der Waals surface area contributed by atoms with Crippen LogP contribution in [0.25, 0.3) is 0 Å². The summed E-state index contributed by atoms with van der Waals surface area (Å²) in [5.74, 6) is -2.17. The molecule has 0 unspecified atom stereocenters. The van der Waals surface area contributed by atoms with Crippen molar-refractivity contribution in [3.63, 3.8) is 0 Å².